The van der Waals surface area contributed by atoms with Gasteiger partial charge in [0.25, 0.3) is 0 Å². The van der Waals surface area contributed by atoms with Crippen LogP contribution in [0.4, 0.5) is 10.1 Å². The van der Waals surface area contributed by atoms with E-state index in [0.717, 1.165) is 24.1 Å². The Bertz CT molecular complexity index is 1350. The van der Waals surface area contributed by atoms with Crippen molar-refractivity contribution in [2.45, 2.75) is 45.2 Å². The van der Waals surface area contributed by atoms with Crippen LogP contribution < -0.4 is 10.6 Å². The van der Waals surface area contributed by atoms with Crippen molar-refractivity contribution in [1.29, 1.82) is 0 Å². The van der Waals surface area contributed by atoms with Crippen molar-refractivity contribution in [3.8, 4) is 11.4 Å². The summed E-state index contributed by atoms with van der Waals surface area (Å²) in [5, 5.41) is 0. The summed E-state index contributed by atoms with van der Waals surface area (Å²) in [6.45, 7) is 4.71. The number of hydrogen-bond donors (Lipinski definition) is 1. The molecule has 0 aliphatic carbocycles. The molecule has 9 heteroatoms. The van der Waals surface area contributed by atoms with Crippen LogP contribution in [0, 0.1) is 5.95 Å². The highest BCUT2D eigenvalue weighted by atomic mass is 19.1. The Kier molecular flexibility index (Phi) is 5.79. The molecule has 34 heavy (non-hydrogen) atoms. The van der Waals surface area contributed by atoms with Gasteiger partial charge in [0.15, 0.2) is 0 Å². The fourth-order valence-corrected chi connectivity index (χ4v) is 4.30. The quantitative estimate of drug-likeness (QED) is 0.457. The third kappa shape index (κ3) is 4.14. The number of anilines is 1. The lowest BCUT2D eigenvalue weighted by Gasteiger charge is -2.30. The summed E-state index contributed by atoms with van der Waals surface area (Å²) in [5.41, 5.74) is 9.67. The van der Waals surface area contributed by atoms with Gasteiger partial charge in [-0.3, -0.25) is 4.79 Å². The third-order valence-electron chi connectivity index (χ3n) is 6.13. The van der Waals surface area contributed by atoms with Gasteiger partial charge in [0, 0.05) is 30.9 Å². The van der Waals surface area contributed by atoms with Crippen LogP contribution >= 0.6 is 0 Å². The number of carbonyl (C=O) groups is 1. The molecule has 0 bridgehead atoms. The smallest absolute Gasteiger partial charge is 0.243 e. The second-order valence-electron chi connectivity index (χ2n) is 8.85. The Balaban J connectivity index is 1.39. The highest BCUT2D eigenvalue weighted by Gasteiger charge is 2.26. The van der Waals surface area contributed by atoms with E-state index < -0.39 is 12.0 Å². The standard InChI is InChI=1S/C25H26FN7O/c1-15(2)33-14-29-23-21(33)13-20(31-24(23)26)19-9-10-28-22(30-19)12-16-5-7-17(8-6-16)32-11-3-4-18(27)25(32)34/h5-10,13-15,18H,3-4,11-12,27H2,1-2H3. The van der Waals surface area contributed by atoms with Crippen LogP contribution in [0.2, 0.25) is 0 Å². The topological polar surface area (TPSA) is 103 Å². The molecule has 0 radical (unpaired) electrons. The van der Waals surface area contributed by atoms with Gasteiger partial charge in [0.05, 0.1) is 29.3 Å². The molecule has 8 nitrogen and oxygen atoms in total. The number of nitrogens with zero attached hydrogens (tertiary/aromatic N) is 6. The first-order chi connectivity index (χ1) is 16.4. The number of piperidine rings is 1. The molecule has 1 amide bonds. The molecule has 1 atom stereocenters. The van der Waals surface area contributed by atoms with Gasteiger partial charge in [0.1, 0.15) is 11.3 Å². The highest BCUT2D eigenvalue weighted by molar-refractivity contribution is 5.97. The normalized spacial score (nSPS) is 16.6. The molecule has 0 saturated carbocycles. The van der Waals surface area contributed by atoms with Gasteiger partial charge < -0.3 is 15.2 Å². The monoisotopic (exact) mass is 459 g/mol. The summed E-state index contributed by atoms with van der Waals surface area (Å²) in [6, 6.07) is 11.0. The zero-order valence-electron chi connectivity index (χ0n) is 19.1. The predicted octanol–water partition coefficient (Wildman–Crippen LogP) is 3.65. The number of imidazole rings is 1. The average Bonchev–Trinajstić information content (AvgIpc) is 3.27. The Labute approximate surface area is 196 Å². The van der Waals surface area contributed by atoms with Gasteiger partial charge in [0.2, 0.25) is 11.9 Å². The van der Waals surface area contributed by atoms with Gasteiger partial charge in [-0.2, -0.15) is 4.39 Å². The van der Waals surface area contributed by atoms with Gasteiger partial charge in [-0.1, -0.05) is 12.1 Å². The Morgan fingerprint density at radius 1 is 1.12 bits per heavy atom. The number of rotatable bonds is 5. The van der Waals surface area contributed by atoms with E-state index in [0.29, 0.717) is 35.7 Å². The van der Waals surface area contributed by atoms with Crippen molar-refractivity contribution in [3.05, 3.63) is 66.3 Å². The molecule has 1 fully saturated rings. The van der Waals surface area contributed by atoms with E-state index in [2.05, 4.69) is 19.9 Å². The number of fused-ring (bicyclic) bond motifs is 1. The second-order valence-corrected chi connectivity index (χ2v) is 8.85. The minimum Gasteiger partial charge on any atom is -0.328 e. The van der Waals surface area contributed by atoms with Crippen molar-refractivity contribution >= 4 is 22.6 Å². The van der Waals surface area contributed by atoms with E-state index in [1.165, 1.54) is 0 Å². The summed E-state index contributed by atoms with van der Waals surface area (Å²) in [6.07, 6.45) is 5.41. The maximum absolute atomic E-state index is 14.6. The SMILES string of the molecule is CC(C)n1cnc2c(F)nc(-c3ccnc(Cc4ccc(N5CCCC(N)C5=O)cc4)n3)cc21. The van der Waals surface area contributed by atoms with Crippen LogP contribution in [0.15, 0.2) is 48.9 Å². The highest BCUT2D eigenvalue weighted by Crippen LogP contribution is 2.25. The number of hydrogen-bond acceptors (Lipinski definition) is 6. The predicted molar refractivity (Wildman–Crippen MR) is 128 cm³/mol. The number of amides is 1. The first kappa shape index (κ1) is 22.1. The number of carbonyl (C=O) groups excluding carboxylic acids is 1. The maximum atomic E-state index is 14.6. The Morgan fingerprint density at radius 2 is 1.91 bits per heavy atom. The van der Waals surface area contributed by atoms with E-state index in [9.17, 15) is 9.18 Å². The molecule has 1 saturated heterocycles. The number of nitrogens with two attached hydrogens (primary N) is 1. The van der Waals surface area contributed by atoms with Crippen molar-refractivity contribution < 1.29 is 9.18 Å². The number of aromatic nitrogens is 5. The molecule has 1 aliphatic rings. The van der Waals surface area contributed by atoms with Crippen molar-refractivity contribution in [3.63, 3.8) is 0 Å². The molecule has 4 heterocycles. The number of benzene rings is 1. The Morgan fingerprint density at radius 3 is 2.68 bits per heavy atom. The number of halogens is 1. The Hall–Kier alpha value is -3.72. The van der Waals surface area contributed by atoms with E-state index in [1.54, 1.807) is 23.5 Å². The van der Waals surface area contributed by atoms with Crippen LogP contribution in [0.1, 0.15) is 44.1 Å². The first-order valence-corrected chi connectivity index (χ1v) is 11.4. The van der Waals surface area contributed by atoms with Crippen LogP contribution in [0.25, 0.3) is 22.4 Å². The molecular formula is C25H26FN7O. The van der Waals surface area contributed by atoms with E-state index in [1.807, 2.05) is 48.7 Å². The molecule has 4 aromatic rings. The average molecular weight is 460 g/mol. The van der Waals surface area contributed by atoms with Crippen LogP contribution in [-0.4, -0.2) is 43.0 Å². The first-order valence-electron chi connectivity index (χ1n) is 11.4. The van der Waals surface area contributed by atoms with Crippen molar-refractivity contribution in [1.82, 2.24) is 24.5 Å². The molecule has 5 rings (SSSR count). The third-order valence-corrected chi connectivity index (χ3v) is 6.13. The summed E-state index contributed by atoms with van der Waals surface area (Å²) in [5.74, 6) is -0.0545. The summed E-state index contributed by atoms with van der Waals surface area (Å²) in [4.78, 5) is 31.4. The van der Waals surface area contributed by atoms with Crippen LogP contribution in [0.5, 0.6) is 0 Å². The lowest BCUT2D eigenvalue weighted by Crippen LogP contribution is -2.48. The van der Waals surface area contributed by atoms with E-state index in [-0.39, 0.29) is 17.5 Å². The van der Waals surface area contributed by atoms with Gasteiger partial charge >= 0.3 is 0 Å². The van der Waals surface area contributed by atoms with E-state index >= 15 is 0 Å². The molecule has 1 unspecified atom stereocenters. The molecule has 174 valence electrons. The zero-order chi connectivity index (χ0) is 23.8. The summed E-state index contributed by atoms with van der Waals surface area (Å²) >= 11 is 0. The minimum atomic E-state index is -0.616. The lowest BCUT2D eigenvalue weighted by atomic mass is 10.0. The molecule has 1 aliphatic heterocycles. The van der Waals surface area contributed by atoms with Crippen molar-refractivity contribution in [2.24, 2.45) is 5.73 Å². The molecule has 3 aromatic heterocycles. The van der Waals surface area contributed by atoms with Crippen molar-refractivity contribution in [2.75, 3.05) is 11.4 Å². The molecule has 1 aromatic carbocycles. The molecular weight excluding hydrogens is 433 g/mol. The second kappa shape index (κ2) is 8.90. The van der Waals surface area contributed by atoms with Gasteiger partial charge in [-0.25, -0.2) is 19.9 Å². The number of pyridine rings is 1. The fourth-order valence-electron chi connectivity index (χ4n) is 4.30. The molecule has 0 spiro atoms. The molecule has 2 N–H and O–H groups in total. The summed E-state index contributed by atoms with van der Waals surface area (Å²) < 4.78 is 16.5. The lowest BCUT2D eigenvalue weighted by molar-refractivity contribution is -0.120. The van der Waals surface area contributed by atoms with Crippen LogP contribution in [0.3, 0.4) is 0 Å². The van der Waals surface area contributed by atoms with Crippen LogP contribution in [-0.2, 0) is 11.2 Å². The van der Waals surface area contributed by atoms with Gasteiger partial charge in [-0.05, 0) is 56.5 Å². The fraction of sp³-hybridized carbons (Fsp3) is 0.320. The maximum Gasteiger partial charge on any atom is 0.243 e. The van der Waals surface area contributed by atoms with Gasteiger partial charge in [-0.15, -0.1) is 0 Å². The largest absolute Gasteiger partial charge is 0.328 e. The van der Waals surface area contributed by atoms with E-state index in [4.69, 9.17) is 5.73 Å². The zero-order valence-corrected chi connectivity index (χ0v) is 19.1. The summed E-state index contributed by atoms with van der Waals surface area (Å²) in [7, 11) is 0. The minimum absolute atomic E-state index is 0.0365.